The Morgan fingerprint density at radius 1 is 1.50 bits per heavy atom. The van der Waals surface area contributed by atoms with E-state index in [0.717, 1.165) is 38.0 Å². The van der Waals surface area contributed by atoms with Gasteiger partial charge >= 0.3 is 6.03 Å². The summed E-state index contributed by atoms with van der Waals surface area (Å²) in [5.41, 5.74) is 0.983. The van der Waals surface area contributed by atoms with Gasteiger partial charge in [-0.3, -0.25) is 4.68 Å². The first-order valence-corrected chi connectivity index (χ1v) is 8.26. The normalized spacial score (nSPS) is 21.8. The van der Waals surface area contributed by atoms with Crippen LogP contribution in [0.3, 0.4) is 0 Å². The number of hydrogen-bond donors (Lipinski definition) is 2. The molecule has 1 fully saturated rings. The Kier molecular flexibility index (Phi) is 6.24. The van der Waals surface area contributed by atoms with Crippen LogP contribution in [0.1, 0.15) is 45.2 Å². The van der Waals surface area contributed by atoms with Crippen LogP contribution in [0.4, 0.5) is 4.79 Å². The van der Waals surface area contributed by atoms with Crippen LogP contribution >= 0.6 is 0 Å². The third kappa shape index (κ3) is 4.47. The largest absolute Gasteiger partial charge is 0.378 e. The Morgan fingerprint density at radius 2 is 2.27 bits per heavy atom. The van der Waals surface area contributed by atoms with Crippen LogP contribution in [0.2, 0.25) is 0 Å². The summed E-state index contributed by atoms with van der Waals surface area (Å²) >= 11 is 0. The predicted molar refractivity (Wildman–Crippen MR) is 85.4 cm³/mol. The third-order valence-corrected chi connectivity index (χ3v) is 4.58. The molecule has 0 bridgehead atoms. The molecule has 2 amide bonds. The van der Waals surface area contributed by atoms with Crippen LogP contribution in [0.5, 0.6) is 0 Å². The monoisotopic (exact) mass is 308 g/mol. The fourth-order valence-corrected chi connectivity index (χ4v) is 3.08. The first-order valence-electron chi connectivity index (χ1n) is 8.26. The van der Waals surface area contributed by atoms with Crippen molar-refractivity contribution in [2.24, 2.45) is 13.0 Å². The van der Waals surface area contributed by atoms with E-state index in [-0.39, 0.29) is 18.2 Å². The number of hydrogen-bond acceptors (Lipinski definition) is 3. The molecule has 1 aliphatic heterocycles. The zero-order chi connectivity index (χ0) is 15.9. The van der Waals surface area contributed by atoms with E-state index in [9.17, 15) is 4.79 Å². The molecule has 2 N–H and O–H groups in total. The van der Waals surface area contributed by atoms with Crippen molar-refractivity contribution in [3.8, 4) is 0 Å². The molecular weight excluding hydrogens is 280 g/mol. The summed E-state index contributed by atoms with van der Waals surface area (Å²) in [6.45, 7) is 5.62. The standard InChI is InChI=1S/C16H28N4O2/c1-4-12(5-2)15-10-13(7-9-22-15)19-16(21)17-11-14-6-8-18-20(14)3/h6,8,12-13,15H,4-5,7,9-11H2,1-3H3,(H2,17,19,21). The van der Waals surface area contributed by atoms with Crippen LogP contribution in [-0.2, 0) is 18.3 Å². The summed E-state index contributed by atoms with van der Waals surface area (Å²) < 4.78 is 7.65. The number of urea groups is 1. The highest BCUT2D eigenvalue weighted by Crippen LogP contribution is 2.25. The fourth-order valence-electron chi connectivity index (χ4n) is 3.08. The molecule has 2 rings (SSSR count). The lowest BCUT2D eigenvalue weighted by molar-refractivity contribution is -0.0331. The molecule has 6 heteroatoms. The molecular formula is C16H28N4O2. The summed E-state index contributed by atoms with van der Waals surface area (Å²) in [6, 6.07) is 1.99. The summed E-state index contributed by atoms with van der Waals surface area (Å²) in [4.78, 5) is 12.0. The van der Waals surface area contributed by atoms with Crippen molar-refractivity contribution in [1.29, 1.82) is 0 Å². The quantitative estimate of drug-likeness (QED) is 0.846. The molecule has 0 spiro atoms. The second-order valence-corrected chi connectivity index (χ2v) is 5.98. The highest BCUT2D eigenvalue weighted by molar-refractivity contribution is 5.74. The average molecular weight is 308 g/mol. The Balaban J connectivity index is 1.77. The number of carbonyl (C=O) groups excluding carboxylic acids is 1. The number of carbonyl (C=O) groups is 1. The van der Waals surface area contributed by atoms with Gasteiger partial charge in [-0.2, -0.15) is 5.10 Å². The van der Waals surface area contributed by atoms with Gasteiger partial charge in [0.05, 0.1) is 18.3 Å². The molecule has 1 aromatic heterocycles. The van der Waals surface area contributed by atoms with Gasteiger partial charge in [0.25, 0.3) is 0 Å². The van der Waals surface area contributed by atoms with Crippen molar-refractivity contribution in [3.63, 3.8) is 0 Å². The molecule has 0 radical (unpaired) electrons. The average Bonchev–Trinajstić information content (AvgIpc) is 2.92. The van der Waals surface area contributed by atoms with Crippen molar-refractivity contribution in [3.05, 3.63) is 18.0 Å². The lowest BCUT2D eigenvalue weighted by Gasteiger charge is -2.34. The Morgan fingerprint density at radius 3 is 2.91 bits per heavy atom. The van der Waals surface area contributed by atoms with Gasteiger partial charge in [-0.15, -0.1) is 0 Å². The summed E-state index contributed by atoms with van der Waals surface area (Å²) in [5, 5.41) is 10.1. The molecule has 0 aromatic carbocycles. The Bertz CT molecular complexity index is 470. The first kappa shape index (κ1) is 16.8. The van der Waals surface area contributed by atoms with E-state index in [2.05, 4.69) is 29.6 Å². The van der Waals surface area contributed by atoms with E-state index in [0.29, 0.717) is 12.5 Å². The molecule has 1 aromatic rings. The third-order valence-electron chi connectivity index (χ3n) is 4.58. The highest BCUT2D eigenvalue weighted by atomic mass is 16.5. The van der Waals surface area contributed by atoms with Crippen molar-refractivity contribution in [1.82, 2.24) is 20.4 Å². The van der Waals surface area contributed by atoms with Crippen molar-refractivity contribution < 1.29 is 9.53 Å². The minimum Gasteiger partial charge on any atom is -0.378 e. The first-order chi connectivity index (χ1) is 10.6. The van der Waals surface area contributed by atoms with Gasteiger partial charge in [-0.1, -0.05) is 26.7 Å². The fraction of sp³-hybridized carbons (Fsp3) is 0.750. The van der Waals surface area contributed by atoms with Gasteiger partial charge in [0.15, 0.2) is 0 Å². The summed E-state index contributed by atoms with van der Waals surface area (Å²) in [6.07, 6.45) is 6.04. The number of ether oxygens (including phenoxy) is 1. The maximum Gasteiger partial charge on any atom is 0.315 e. The maximum absolute atomic E-state index is 12.0. The van der Waals surface area contributed by atoms with Gasteiger partial charge in [0, 0.05) is 25.9 Å². The zero-order valence-corrected chi connectivity index (χ0v) is 13.8. The number of amides is 2. The van der Waals surface area contributed by atoms with Crippen molar-refractivity contribution in [2.75, 3.05) is 6.61 Å². The molecule has 2 heterocycles. The second kappa shape index (κ2) is 8.17. The van der Waals surface area contributed by atoms with E-state index in [1.54, 1.807) is 10.9 Å². The molecule has 2 atom stereocenters. The van der Waals surface area contributed by atoms with E-state index < -0.39 is 0 Å². The van der Waals surface area contributed by atoms with Crippen molar-refractivity contribution in [2.45, 2.75) is 58.2 Å². The van der Waals surface area contributed by atoms with Crippen LogP contribution in [0.15, 0.2) is 12.3 Å². The number of aromatic nitrogens is 2. The number of rotatable bonds is 6. The lowest BCUT2D eigenvalue weighted by Crippen LogP contribution is -2.47. The molecule has 1 aliphatic rings. The van der Waals surface area contributed by atoms with Crippen LogP contribution < -0.4 is 10.6 Å². The summed E-state index contributed by atoms with van der Waals surface area (Å²) in [7, 11) is 1.87. The molecule has 6 nitrogen and oxygen atoms in total. The zero-order valence-electron chi connectivity index (χ0n) is 13.8. The molecule has 0 saturated carbocycles. The topological polar surface area (TPSA) is 68.2 Å². The van der Waals surface area contributed by atoms with Gasteiger partial charge in [0.2, 0.25) is 0 Å². The molecule has 124 valence electrons. The minimum atomic E-state index is -0.114. The Labute approximate surface area is 132 Å². The maximum atomic E-state index is 12.0. The van der Waals surface area contributed by atoms with E-state index in [1.165, 1.54) is 0 Å². The van der Waals surface area contributed by atoms with E-state index >= 15 is 0 Å². The molecule has 22 heavy (non-hydrogen) atoms. The van der Waals surface area contributed by atoms with Crippen LogP contribution in [-0.4, -0.2) is 34.6 Å². The van der Waals surface area contributed by atoms with E-state index in [4.69, 9.17) is 4.74 Å². The number of nitrogens with zero attached hydrogens (tertiary/aromatic N) is 2. The molecule has 0 aliphatic carbocycles. The van der Waals surface area contributed by atoms with E-state index in [1.807, 2.05) is 13.1 Å². The summed E-state index contributed by atoms with van der Waals surface area (Å²) in [5.74, 6) is 0.585. The smallest absolute Gasteiger partial charge is 0.315 e. The van der Waals surface area contributed by atoms with Crippen molar-refractivity contribution >= 4 is 6.03 Å². The molecule has 1 saturated heterocycles. The number of aryl methyl sites for hydroxylation is 1. The van der Waals surface area contributed by atoms with Gasteiger partial charge in [0.1, 0.15) is 0 Å². The predicted octanol–water partition coefficient (Wildman–Crippen LogP) is 2.20. The SMILES string of the molecule is CCC(CC)C1CC(NC(=O)NCc2ccnn2C)CCO1. The highest BCUT2D eigenvalue weighted by Gasteiger charge is 2.28. The lowest BCUT2D eigenvalue weighted by atomic mass is 9.89. The van der Waals surface area contributed by atoms with Gasteiger partial charge < -0.3 is 15.4 Å². The van der Waals surface area contributed by atoms with Crippen LogP contribution in [0, 0.1) is 5.92 Å². The Hall–Kier alpha value is -1.56. The minimum absolute atomic E-state index is 0.114. The number of nitrogens with one attached hydrogen (secondary N) is 2. The van der Waals surface area contributed by atoms with Crippen LogP contribution in [0.25, 0.3) is 0 Å². The second-order valence-electron chi connectivity index (χ2n) is 5.98. The molecule has 2 unspecified atom stereocenters. The van der Waals surface area contributed by atoms with Gasteiger partial charge in [-0.05, 0) is 24.8 Å². The van der Waals surface area contributed by atoms with Gasteiger partial charge in [-0.25, -0.2) is 4.79 Å².